The van der Waals surface area contributed by atoms with Crippen LogP contribution in [0.3, 0.4) is 0 Å². The van der Waals surface area contributed by atoms with Gasteiger partial charge in [-0.15, -0.1) is 0 Å². The van der Waals surface area contributed by atoms with E-state index in [1.807, 2.05) is 6.07 Å². The second-order valence-electron chi connectivity index (χ2n) is 8.69. The summed E-state index contributed by atoms with van der Waals surface area (Å²) in [6.07, 6.45) is -6.95. The summed E-state index contributed by atoms with van der Waals surface area (Å²) in [5.41, 5.74) is 13.9. The van der Waals surface area contributed by atoms with Gasteiger partial charge in [0.15, 0.2) is 5.82 Å². The van der Waals surface area contributed by atoms with Crippen molar-refractivity contribution in [1.29, 1.82) is 0 Å². The lowest BCUT2D eigenvalue weighted by molar-refractivity contribution is -0.198. The van der Waals surface area contributed by atoms with E-state index in [1.54, 1.807) is 54.6 Å². The van der Waals surface area contributed by atoms with E-state index in [1.165, 1.54) is 19.2 Å². The van der Waals surface area contributed by atoms with Gasteiger partial charge in [-0.1, -0.05) is 60.7 Å². The molecule has 4 aromatic rings. The molecule has 39 heavy (non-hydrogen) atoms. The Hall–Kier alpha value is -4.64. The first-order valence-corrected chi connectivity index (χ1v) is 11.7. The quantitative estimate of drug-likeness (QED) is 0.270. The van der Waals surface area contributed by atoms with Gasteiger partial charge in [-0.2, -0.15) is 18.2 Å². The maximum Gasteiger partial charge on any atom is 0.429 e. The largest absolute Gasteiger partial charge is 0.497 e. The van der Waals surface area contributed by atoms with E-state index in [0.717, 1.165) is 11.6 Å². The van der Waals surface area contributed by atoms with Gasteiger partial charge in [-0.05, 0) is 35.2 Å². The molecular weight excluding hydrogens is 513 g/mol. The van der Waals surface area contributed by atoms with Crippen molar-refractivity contribution in [2.24, 2.45) is 5.73 Å². The summed E-state index contributed by atoms with van der Waals surface area (Å²) in [7, 11) is 1.53. The molecule has 0 amide bonds. The Morgan fingerprint density at radius 2 is 1.62 bits per heavy atom. The van der Waals surface area contributed by atoms with E-state index in [2.05, 4.69) is 9.97 Å². The lowest BCUT2D eigenvalue weighted by atomic mass is 10.0. The van der Waals surface area contributed by atoms with Crippen LogP contribution in [0, 0.1) is 0 Å². The SMILES string of the molecule is COc1cccc(-c2ccc([C@@H](Oc3cc(N)nc(-c4ccc(CC(N)C(=O)O)cc4)n3)C(F)(F)F)cc2)c1. The number of carboxylic acids is 1. The van der Waals surface area contributed by atoms with Crippen LogP contribution in [-0.4, -0.2) is 40.4 Å². The van der Waals surface area contributed by atoms with Gasteiger partial charge in [-0.25, -0.2) is 4.98 Å². The van der Waals surface area contributed by atoms with Crippen LogP contribution in [-0.2, 0) is 11.2 Å². The van der Waals surface area contributed by atoms with Crippen LogP contribution in [0.25, 0.3) is 22.5 Å². The standard InChI is InChI=1S/C28H25F3N4O4/c1-38-21-4-2-3-20(14-21)17-9-11-18(12-10-17)25(28(29,30)31)39-24-15-23(33)34-26(35-24)19-7-5-16(6-8-19)13-22(32)27(36)37/h2-12,14-15,22,25H,13,32H2,1H3,(H,36,37)(H2,33,34,35)/t22?,25-/m1/s1. The molecule has 0 bridgehead atoms. The molecule has 8 nitrogen and oxygen atoms in total. The Balaban J connectivity index is 1.58. The summed E-state index contributed by atoms with van der Waals surface area (Å²) in [5, 5.41) is 8.98. The Morgan fingerprint density at radius 1 is 0.949 bits per heavy atom. The molecule has 11 heteroatoms. The summed E-state index contributed by atoms with van der Waals surface area (Å²) in [5.74, 6) is -0.888. The van der Waals surface area contributed by atoms with Crippen LogP contribution in [0.15, 0.2) is 78.9 Å². The van der Waals surface area contributed by atoms with Crippen LogP contribution in [0.4, 0.5) is 19.0 Å². The molecule has 4 rings (SSSR count). The van der Waals surface area contributed by atoms with Crippen molar-refractivity contribution in [3.05, 3.63) is 90.0 Å². The Labute approximate surface area is 222 Å². The topological polar surface area (TPSA) is 134 Å². The van der Waals surface area contributed by atoms with Crippen LogP contribution >= 0.6 is 0 Å². The molecule has 3 aromatic carbocycles. The van der Waals surface area contributed by atoms with Crippen molar-refractivity contribution in [3.8, 4) is 34.1 Å². The highest BCUT2D eigenvalue weighted by Gasteiger charge is 2.43. The third-order valence-corrected chi connectivity index (χ3v) is 5.86. The summed E-state index contributed by atoms with van der Waals surface area (Å²) in [4.78, 5) is 19.2. The fraction of sp³-hybridized carbons (Fsp3) is 0.179. The zero-order valence-electron chi connectivity index (χ0n) is 20.7. The third kappa shape index (κ3) is 6.82. The number of nitrogens with zero attached hydrogens (tertiary/aromatic N) is 2. The van der Waals surface area contributed by atoms with Gasteiger partial charge in [0, 0.05) is 17.2 Å². The number of carbonyl (C=O) groups is 1. The third-order valence-electron chi connectivity index (χ3n) is 5.86. The number of carboxylic acid groups (broad SMARTS) is 1. The van der Waals surface area contributed by atoms with Crippen LogP contribution in [0.1, 0.15) is 17.2 Å². The molecule has 0 saturated carbocycles. The van der Waals surface area contributed by atoms with Crippen molar-refractivity contribution >= 4 is 11.8 Å². The average Bonchev–Trinajstić information content (AvgIpc) is 2.91. The van der Waals surface area contributed by atoms with Gasteiger partial charge in [0.25, 0.3) is 0 Å². The molecule has 1 heterocycles. The zero-order valence-corrected chi connectivity index (χ0v) is 20.7. The number of hydrogen-bond acceptors (Lipinski definition) is 7. The predicted octanol–water partition coefficient (Wildman–Crippen LogP) is 5.04. The minimum absolute atomic E-state index is 0.0494. The number of hydrogen-bond donors (Lipinski definition) is 3. The van der Waals surface area contributed by atoms with Gasteiger partial charge in [0.1, 0.15) is 17.6 Å². The smallest absolute Gasteiger partial charge is 0.429 e. The lowest BCUT2D eigenvalue weighted by Crippen LogP contribution is -2.32. The van der Waals surface area contributed by atoms with Crippen LogP contribution in [0.2, 0.25) is 0 Å². The molecule has 1 aromatic heterocycles. The van der Waals surface area contributed by atoms with Crippen molar-refractivity contribution in [2.75, 3.05) is 12.8 Å². The second-order valence-corrected chi connectivity index (χ2v) is 8.69. The van der Waals surface area contributed by atoms with E-state index >= 15 is 0 Å². The number of benzene rings is 3. The second kappa shape index (κ2) is 11.4. The monoisotopic (exact) mass is 538 g/mol. The molecule has 0 radical (unpaired) electrons. The van der Waals surface area contributed by atoms with Gasteiger partial charge >= 0.3 is 12.1 Å². The Bertz CT molecular complexity index is 1440. The summed E-state index contributed by atoms with van der Waals surface area (Å²) in [6, 6.07) is 19.5. The Kier molecular flexibility index (Phi) is 8.01. The number of rotatable bonds is 9. The van der Waals surface area contributed by atoms with Crippen LogP contribution in [0.5, 0.6) is 11.6 Å². The number of halogens is 3. The number of anilines is 1. The predicted molar refractivity (Wildman–Crippen MR) is 139 cm³/mol. The fourth-order valence-corrected chi connectivity index (χ4v) is 3.86. The molecule has 202 valence electrons. The minimum Gasteiger partial charge on any atom is -0.497 e. The number of methoxy groups -OCH3 is 1. The average molecular weight is 539 g/mol. The number of aliphatic carboxylic acids is 1. The number of nitrogen functional groups attached to an aromatic ring is 1. The van der Waals surface area contributed by atoms with E-state index in [9.17, 15) is 18.0 Å². The Morgan fingerprint density at radius 3 is 2.23 bits per heavy atom. The van der Waals surface area contributed by atoms with Crippen molar-refractivity contribution in [3.63, 3.8) is 0 Å². The first-order valence-electron chi connectivity index (χ1n) is 11.7. The molecular formula is C28H25F3N4O4. The zero-order chi connectivity index (χ0) is 28.2. The number of aromatic nitrogens is 2. The van der Waals surface area contributed by atoms with Crippen LogP contribution < -0.4 is 20.9 Å². The van der Waals surface area contributed by atoms with Crippen molar-refractivity contribution in [2.45, 2.75) is 24.7 Å². The minimum atomic E-state index is -4.75. The fourth-order valence-electron chi connectivity index (χ4n) is 3.86. The molecule has 0 saturated heterocycles. The van der Waals surface area contributed by atoms with Gasteiger partial charge in [0.2, 0.25) is 12.0 Å². The first-order chi connectivity index (χ1) is 18.5. The van der Waals surface area contributed by atoms with Gasteiger partial charge < -0.3 is 26.0 Å². The highest BCUT2D eigenvalue weighted by Crippen LogP contribution is 2.38. The molecule has 5 N–H and O–H groups in total. The molecule has 0 aliphatic rings. The lowest BCUT2D eigenvalue weighted by Gasteiger charge is -2.22. The maximum atomic E-state index is 14.1. The summed E-state index contributed by atoms with van der Waals surface area (Å²) in [6.45, 7) is 0. The normalized spacial score (nSPS) is 12.9. The van der Waals surface area contributed by atoms with E-state index in [0.29, 0.717) is 22.4 Å². The molecule has 1 unspecified atom stereocenters. The molecule has 0 aliphatic carbocycles. The molecule has 0 aliphatic heterocycles. The van der Waals surface area contributed by atoms with Gasteiger partial charge in [-0.3, -0.25) is 4.79 Å². The highest BCUT2D eigenvalue weighted by atomic mass is 19.4. The van der Waals surface area contributed by atoms with E-state index in [4.69, 9.17) is 26.0 Å². The van der Waals surface area contributed by atoms with Crippen molar-refractivity contribution in [1.82, 2.24) is 9.97 Å². The molecule has 0 spiro atoms. The number of ether oxygens (including phenoxy) is 2. The van der Waals surface area contributed by atoms with Gasteiger partial charge in [0.05, 0.1) is 7.11 Å². The van der Waals surface area contributed by atoms with Crippen molar-refractivity contribution < 1.29 is 32.5 Å². The summed E-state index contributed by atoms with van der Waals surface area (Å²) < 4.78 is 52.8. The maximum absolute atomic E-state index is 14.1. The molecule has 0 fully saturated rings. The van der Waals surface area contributed by atoms with E-state index in [-0.39, 0.29) is 29.5 Å². The van der Waals surface area contributed by atoms with E-state index < -0.39 is 24.3 Å². The number of nitrogens with two attached hydrogens (primary N) is 2. The number of alkyl halides is 3. The molecule has 2 atom stereocenters. The highest BCUT2D eigenvalue weighted by molar-refractivity contribution is 5.73. The summed E-state index contributed by atoms with van der Waals surface area (Å²) >= 11 is 0. The first kappa shape index (κ1) is 27.4.